The third kappa shape index (κ3) is 6.17. The molecule has 2 N–H and O–H groups in total. The van der Waals surface area contributed by atoms with E-state index in [2.05, 4.69) is 15.0 Å². The van der Waals surface area contributed by atoms with Gasteiger partial charge in [-0.1, -0.05) is 48.0 Å². The second-order valence-electron chi connectivity index (χ2n) is 8.97. The maximum atomic E-state index is 12.6. The summed E-state index contributed by atoms with van der Waals surface area (Å²) in [5.41, 5.74) is 5.54. The van der Waals surface area contributed by atoms with Gasteiger partial charge in [0.25, 0.3) is 0 Å². The quantitative estimate of drug-likeness (QED) is 0.234. The first-order valence-corrected chi connectivity index (χ1v) is 14.0. The fraction of sp³-hybridized carbons (Fsp3) is 0.133. The van der Waals surface area contributed by atoms with E-state index in [4.69, 9.17) is 9.84 Å². The van der Waals surface area contributed by atoms with Crippen LogP contribution >= 0.6 is 0 Å². The molecule has 2 aromatic heterocycles. The minimum Gasteiger partial charge on any atom is -0.497 e. The number of hydrogen-bond donors (Lipinski definition) is 2. The Kier molecular flexibility index (Phi) is 7.72. The molecule has 3 aromatic carbocycles. The fourth-order valence-electron chi connectivity index (χ4n) is 4.15. The predicted molar refractivity (Wildman–Crippen MR) is 154 cm³/mol. The molecule has 39 heavy (non-hydrogen) atoms. The van der Waals surface area contributed by atoms with E-state index in [0.717, 1.165) is 39.4 Å². The lowest BCUT2D eigenvalue weighted by molar-refractivity contribution is 0.415. The second-order valence-corrected chi connectivity index (χ2v) is 10.7. The van der Waals surface area contributed by atoms with Crippen LogP contribution in [-0.4, -0.2) is 43.4 Å². The summed E-state index contributed by atoms with van der Waals surface area (Å²) in [7, 11) is -1.94. The average molecular weight is 540 g/mol. The standard InChI is InChI=1S/C30H29N5O3S/c1-22-11-13-27(14-12-22)39(36,37)33-18-17-32-29-20-23(15-16-31-29)28-21-35(25-8-4-3-5-9-25)34-30(28)24-7-6-10-26(19-24)38-2/h3-16,19-21,33H,17-18H2,1-2H3,(H,31,32). The number of aromatic nitrogens is 3. The number of nitrogens with zero attached hydrogens (tertiary/aromatic N) is 3. The smallest absolute Gasteiger partial charge is 0.240 e. The summed E-state index contributed by atoms with van der Waals surface area (Å²) in [6.07, 6.45) is 3.72. The first-order chi connectivity index (χ1) is 18.9. The number of hydrogen-bond acceptors (Lipinski definition) is 6. The molecule has 8 nitrogen and oxygen atoms in total. The summed E-state index contributed by atoms with van der Waals surface area (Å²) < 4.78 is 35.0. The number of para-hydroxylation sites is 1. The van der Waals surface area contributed by atoms with E-state index in [1.807, 2.05) is 84.5 Å². The van der Waals surface area contributed by atoms with Crippen LogP contribution in [0.5, 0.6) is 5.75 Å². The molecular formula is C30H29N5O3S. The number of anilines is 1. The topological polar surface area (TPSA) is 98.1 Å². The predicted octanol–water partition coefficient (Wildman–Crippen LogP) is 5.31. The van der Waals surface area contributed by atoms with Crippen molar-refractivity contribution in [3.8, 4) is 33.8 Å². The summed E-state index contributed by atoms with van der Waals surface area (Å²) in [6.45, 7) is 2.50. The Morgan fingerprint density at radius 1 is 0.872 bits per heavy atom. The molecule has 0 bridgehead atoms. The van der Waals surface area contributed by atoms with E-state index in [1.165, 1.54) is 0 Å². The molecule has 0 atom stereocenters. The van der Waals surface area contributed by atoms with Crippen molar-refractivity contribution in [2.75, 3.05) is 25.5 Å². The highest BCUT2D eigenvalue weighted by molar-refractivity contribution is 7.89. The van der Waals surface area contributed by atoms with Gasteiger partial charge in [-0.15, -0.1) is 0 Å². The molecule has 0 unspecified atom stereocenters. The lowest BCUT2D eigenvalue weighted by Gasteiger charge is -2.10. The van der Waals surface area contributed by atoms with Crippen LogP contribution in [0, 0.1) is 6.92 Å². The van der Waals surface area contributed by atoms with Crippen molar-refractivity contribution in [3.05, 3.63) is 109 Å². The molecule has 0 aliphatic rings. The number of sulfonamides is 1. The lowest BCUT2D eigenvalue weighted by atomic mass is 10.0. The zero-order chi connectivity index (χ0) is 27.2. The number of aryl methyl sites for hydroxylation is 1. The van der Waals surface area contributed by atoms with Crippen molar-refractivity contribution in [1.82, 2.24) is 19.5 Å². The van der Waals surface area contributed by atoms with Crippen molar-refractivity contribution in [2.45, 2.75) is 11.8 Å². The van der Waals surface area contributed by atoms with Crippen LogP contribution in [0.15, 0.2) is 108 Å². The highest BCUT2D eigenvalue weighted by Gasteiger charge is 2.16. The molecule has 0 saturated heterocycles. The maximum Gasteiger partial charge on any atom is 0.240 e. The Labute approximate surface area is 228 Å². The maximum absolute atomic E-state index is 12.6. The number of pyridine rings is 1. The third-order valence-corrected chi connectivity index (χ3v) is 7.68. The van der Waals surface area contributed by atoms with Crippen molar-refractivity contribution < 1.29 is 13.2 Å². The first-order valence-electron chi connectivity index (χ1n) is 12.5. The normalized spacial score (nSPS) is 11.3. The molecule has 0 fully saturated rings. The van der Waals surface area contributed by atoms with Crippen LogP contribution in [0.2, 0.25) is 0 Å². The molecule has 198 valence electrons. The van der Waals surface area contributed by atoms with Gasteiger partial charge in [0.05, 0.1) is 17.7 Å². The molecular weight excluding hydrogens is 510 g/mol. The summed E-state index contributed by atoms with van der Waals surface area (Å²) >= 11 is 0. The van der Waals surface area contributed by atoms with Crippen LogP contribution in [0.3, 0.4) is 0 Å². The second kappa shape index (κ2) is 11.5. The number of benzene rings is 3. The Balaban J connectivity index is 1.37. The summed E-state index contributed by atoms with van der Waals surface area (Å²) in [4.78, 5) is 4.67. The molecule has 0 aliphatic carbocycles. The zero-order valence-corrected chi connectivity index (χ0v) is 22.5. The Bertz CT molecular complexity index is 1670. The monoisotopic (exact) mass is 539 g/mol. The fourth-order valence-corrected chi connectivity index (χ4v) is 5.19. The Hall–Kier alpha value is -4.47. The Morgan fingerprint density at radius 2 is 1.67 bits per heavy atom. The number of methoxy groups -OCH3 is 1. The lowest BCUT2D eigenvalue weighted by Crippen LogP contribution is -2.29. The van der Waals surface area contributed by atoms with Gasteiger partial charge in [-0.25, -0.2) is 22.8 Å². The molecule has 5 rings (SSSR count). The van der Waals surface area contributed by atoms with Gasteiger partial charge in [-0.05, 0) is 61.0 Å². The van der Waals surface area contributed by atoms with Crippen molar-refractivity contribution in [1.29, 1.82) is 0 Å². The SMILES string of the molecule is COc1cccc(-c2nn(-c3ccccc3)cc2-c2ccnc(NCCNS(=O)(=O)c3ccc(C)cc3)c2)c1. The highest BCUT2D eigenvalue weighted by atomic mass is 32.2. The summed E-state index contributed by atoms with van der Waals surface area (Å²) in [6, 6.07) is 28.4. The van der Waals surface area contributed by atoms with E-state index < -0.39 is 10.0 Å². The Morgan fingerprint density at radius 3 is 2.44 bits per heavy atom. The summed E-state index contributed by atoms with van der Waals surface area (Å²) in [5, 5.41) is 8.13. The van der Waals surface area contributed by atoms with Crippen molar-refractivity contribution in [2.24, 2.45) is 0 Å². The van der Waals surface area contributed by atoms with Gasteiger partial charge in [0.15, 0.2) is 0 Å². The third-order valence-electron chi connectivity index (χ3n) is 6.20. The van der Waals surface area contributed by atoms with Crippen LogP contribution < -0.4 is 14.8 Å². The molecule has 5 aromatic rings. The molecule has 0 spiro atoms. The van der Waals surface area contributed by atoms with Crippen LogP contribution in [-0.2, 0) is 10.0 Å². The van der Waals surface area contributed by atoms with Gasteiger partial charge in [-0.3, -0.25) is 0 Å². The molecule has 9 heteroatoms. The number of ether oxygens (including phenoxy) is 1. The van der Waals surface area contributed by atoms with E-state index >= 15 is 0 Å². The zero-order valence-electron chi connectivity index (χ0n) is 21.7. The van der Waals surface area contributed by atoms with Crippen LogP contribution in [0.4, 0.5) is 5.82 Å². The number of nitrogens with one attached hydrogen (secondary N) is 2. The molecule has 2 heterocycles. The molecule has 0 saturated carbocycles. The van der Waals surface area contributed by atoms with Gasteiger partial charge >= 0.3 is 0 Å². The minimum absolute atomic E-state index is 0.211. The van der Waals surface area contributed by atoms with Gasteiger partial charge in [0.1, 0.15) is 17.3 Å². The van der Waals surface area contributed by atoms with Gasteiger partial charge < -0.3 is 10.1 Å². The van der Waals surface area contributed by atoms with E-state index in [9.17, 15) is 8.42 Å². The van der Waals surface area contributed by atoms with Gasteiger partial charge in [0, 0.05) is 36.6 Å². The number of rotatable bonds is 10. The van der Waals surface area contributed by atoms with Crippen molar-refractivity contribution in [3.63, 3.8) is 0 Å². The average Bonchev–Trinajstić information content (AvgIpc) is 3.42. The molecule has 0 radical (unpaired) electrons. The van der Waals surface area contributed by atoms with Crippen molar-refractivity contribution >= 4 is 15.8 Å². The van der Waals surface area contributed by atoms with Crippen LogP contribution in [0.1, 0.15) is 5.56 Å². The van der Waals surface area contributed by atoms with Crippen LogP contribution in [0.25, 0.3) is 28.1 Å². The van der Waals surface area contributed by atoms with Gasteiger partial charge in [0.2, 0.25) is 10.0 Å². The largest absolute Gasteiger partial charge is 0.497 e. The van der Waals surface area contributed by atoms with Gasteiger partial charge in [-0.2, -0.15) is 5.10 Å². The van der Waals surface area contributed by atoms with E-state index in [-0.39, 0.29) is 11.4 Å². The van der Waals surface area contributed by atoms with E-state index in [1.54, 1.807) is 37.6 Å². The summed E-state index contributed by atoms with van der Waals surface area (Å²) in [5.74, 6) is 1.38. The minimum atomic E-state index is -3.58. The molecule has 0 aliphatic heterocycles. The van der Waals surface area contributed by atoms with E-state index in [0.29, 0.717) is 12.4 Å². The molecule has 0 amide bonds. The first kappa shape index (κ1) is 26.1. The highest BCUT2D eigenvalue weighted by Crippen LogP contribution is 2.34.